The van der Waals surface area contributed by atoms with Crippen LogP contribution in [0.4, 0.5) is 22.0 Å². The highest BCUT2D eigenvalue weighted by atomic mass is 19.4. The Bertz CT molecular complexity index is 1210. The van der Waals surface area contributed by atoms with Gasteiger partial charge < -0.3 is 25.4 Å². The van der Waals surface area contributed by atoms with Gasteiger partial charge in [0.05, 0.1) is 29.7 Å². The Balaban J connectivity index is 1.42. The van der Waals surface area contributed by atoms with Gasteiger partial charge in [-0.1, -0.05) is 25.5 Å². The molecule has 42 heavy (non-hydrogen) atoms. The van der Waals surface area contributed by atoms with Gasteiger partial charge in [0, 0.05) is 44.8 Å². The highest BCUT2D eigenvalue weighted by Gasteiger charge is 2.39. The number of halogens is 5. The Morgan fingerprint density at radius 1 is 1.14 bits per heavy atom. The molecule has 2 aromatic rings. The molecule has 2 amide bonds. The fourth-order valence-electron chi connectivity index (χ4n) is 5.46. The predicted octanol–water partition coefficient (Wildman–Crippen LogP) is 3.97. The number of aliphatic hydroxyl groups is 1. The molecule has 0 radical (unpaired) electrons. The molecular formula is C30H36F5N3O4. The number of likely N-dealkylation sites (tertiary alicyclic amines) is 1. The zero-order chi connectivity index (χ0) is 30.4. The number of ether oxygens (including phenoxy) is 1. The summed E-state index contributed by atoms with van der Waals surface area (Å²) in [4.78, 5) is 27.4. The minimum Gasteiger partial charge on any atom is -0.389 e. The molecule has 230 valence electrons. The van der Waals surface area contributed by atoms with Crippen LogP contribution in [-0.4, -0.2) is 65.8 Å². The lowest BCUT2D eigenvalue weighted by Gasteiger charge is -2.29. The van der Waals surface area contributed by atoms with Crippen LogP contribution in [0.5, 0.6) is 0 Å². The van der Waals surface area contributed by atoms with Crippen LogP contribution in [0.2, 0.25) is 0 Å². The first-order valence-corrected chi connectivity index (χ1v) is 14.1. The Hall–Kier alpha value is -3.09. The molecule has 2 aromatic carbocycles. The highest BCUT2D eigenvalue weighted by molar-refractivity contribution is 5.89. The number of alkyl halides is 3. The average molecular weight is 598 g/mol. The number of nitrogens with zero attached hydrogens (tertiary/aromatic N) is 1. The van der Waals surface area contributed by atoms with Gasteiger partial charge in [0.1, 0.15) is 11.6 Å². The van der Waals surface area contributed by atoms with E-state index in [1.165, 1.54) is 17.0 Å². The summed E-state index contributed by atoms with van der Waals surface area (Å²) in [7, 11) is 0. The summed E-state index contributed by atoms with van der Waals surface area (Å²) in [6.45, 7) is 3.24. The summed E-state index contributed by atoms with van der Waals surface area (Å²) in [5, 5.41) is 17.3. The third-order valence-electron chi connectivity index (χ3n) is 7.75. The zero-order valence-corrected chi connectivity index (χ0v) is 23.3. The number of amides is 2. The number of carbonyl (C=O) groups excluding carboxylic acids is 2. The zero-order valence-electron chi connectivity index (χ0n) is 23.3. The van der Waals surface area contributed by atoms with Gasteiger partial charge in [0.15, 0.2) is 0 Å². The van der Waals surface area contributed by atoms with E-state index in [1.807, 2.05) is 0 Å². The fraction of sp³-hybridized carbons (Fsp3) is 0.533. The van der Waals surface area contributed by atoms with Crippen molar-refractivity contribution in [2.24, 2.45) is 5.92 Å². The van der Waals surface area contributed by atoms with E-state index in [4.69, 9.17) is 4.74 Å². The van der Waals surface area contributed by atoms with E-state index in [-0.39, 0.29) is 43.5 Å². The maximum Gasteiger partial charge on any atom is 0.416 e. The summed E-state index contributed by atoms with van der Waals surface area (Å²) < 4.78 is 72.3. The molecule has 12 heteroatoms. The lowest BCUT2D eigenvalue weighted by Crippen LogP contribution is -2.53. The quantitative estimate of drug-likeness (QED) is 0.255. The van der Waals surface area contributed by atoms with Crippen LogP contribution in [0.15, 0.2) is 42.5 Å². The third-order valence-corrected chi connectivity index (χ3v) is 7.75. The molecule has 2 aliphatic rings. The molecule has 0 bridgehead atoms. The van der Waals surface area contributed by atoms with Crippen molar-refractivity contribution >= 4 is 11.8 Å². The summed E-state index contributed by atoms with van der Waals surface area (Å²) in [6, 6.07) is 6.11. The van der Waals surface area contributed by atoms with E-state index in [9.17, 15) is 36.6 Å². The van der Waals surface area contributed by atoms with Gasteiger partial charge in [0.25, 0.3) is 0 Å². The van der Waals surface area contributed by atoms with Gasteiger partial charge in [-0.25, -0.2) is 8.78 Å². The highest BCUT2D eigenvalue weighted by Crippen LogP contribution is 2.30. The molecule has 5 atom stereocenters. The van der Waals surface area contributed by atoms with E-state index < -0.39 is 53.4 Å². The maximum absolute atomic E-state index is 13.9. The van der Waals surface area contributed by atoms with Crippen molar-refractivity contribution in [1.82, 2.24) is 15.5 Å². The summed E-state index contributed by atoms with van der Waals surface area (Å²) >= 11 is 0. The minimum absolute atomic E-state index is 0.0398. The standard InChI is InChI=1S/C30H36F5N3O4/c1-2-3-8-42-24-14-25(36-15-24)28(40)26(11-19-9-22(31)13-23(32)10-19)37-29(41)20-12-27(39)38(17-20)16-18-4-6-21(7-5-18)30(33,34)35/h4-7,9-10,13,20,24-26,28,36,40H,2-3,8,11-12,14-17H2,1H3,(H,37,41)/t20?,24-,25-,26+,28-/m1/s1. The van der Waals surface area contributed by atoms with E-state index in [0.717, 1.165) is 43.2 Å². The Morgan fingerprint density at radius 3 is 2.48 bits per heavy atom. The van der Waals surface area contributed by atoms with E-state index in [1.54, 1.807) is 0 Å². The van der Waals surface area contributed by atoms with Crippen molar-refractivity contribution in [1.29, 1.82) is 0 Å². The molecular weight excluding hydrogens is 561 g/mol. The molecule has 7 nitrogen and oxygen atoms in total. The van der Waals surface area contributed by atoms with Gasteiger partial charge in [-0.15, -0.1) is 0 Å². The van der Waals surface area contributed by atoms with E-state index in [0.29, 0.717) is 25.1 Å². The second-order valence-electron chi connectivity index (χ2n) is 11.1. The van der Waals surface area contributed by atoms with Gasteiger partial charge in [-0.3, -0.25) is 9.59 Å². The summed E-state index contributed by atoms with van der Waals surface area (Å²) in [6.07, 6.45) is -3.51. The molecule has 0 spiro atoms. The van der Waals surface area contributed by atoms with Crippen LogP contribution in [0.1, 0.15) is 49.3 Å². The summed E-state index contributed by atoms with van der Waals surface area (Å²) in [5.74, 6) is -3.18. The van der Waals surface area contributed by atoms with Gasteiger partial charge >= 0.3 is 6.18 Å². The number of hydrogen-bond donors (Lipinski definition) is 3. The van der Waals surface area contributed by atoms with Gasteiger partial charge in [0.2, 0.25) is 11.8 Å². The third kappa shape index (κ3) is 8.48. The Labute approximate surface area is 241 Å². The van der Waals surface area contributed by atoms with Crippen molar-refractivity contribution in [3.63, 3.8) is 0 Å². The molecule has 2 saturated heterocycles. The SMILES string of the molecule is CCCCO[C@H]1CN[C@@H]([C@@H](O)[C@H](Cc2cc(F)cc(F)c2)NC(=O)C2CC(=O)N(Cc3ccc(C(F)(F)F)cc3)C2)C1. The van der Waals surface area contributed by atoms with Crippen LogP contribution in [0, 0.1) is 17.6 Å². The first-order chi connectivity index (χ1) is 19.9. The van der Waals surface area contributed by atoms with Gasteiger partial charge in [-0.2, -0.15) is 13.2 Å². The number of carbonyl (C=O) groups is 2. The molecule has 2 heterocycles. The van der Waals surface area contributed by atoms with Crippen LogP contribution in [0.3, 0.4) is 0 Å². The Morgan fingerprint density at radius 2 is 1.83 bits per heavy atom. The topological polar surface area (TPSA) is 90.9 Å². The number of rotatable bonds is 12. The number of aliphatic hydroxyl groups excluding tert-OH is 1. The van der Waals surface area contributed by atoms with E-state index in [2.05, 4.69) is 17.6 Å². The normalized spacial score (nSPS) is 22.4. The maximum atomic E-state index is 13.9. The average Bonchev–Trinajstić information content (AvgIpc) is 3.54. The van der Waals surface area contributed by atoms with Crippen molar-refractivity contribution in [2.75, 3.05) is 19.7 Å². The second-order valence-corrected chi connectivity index (χ2v) is 11.1. The van der Waals surface area contributed by atoms with Crippen LogP contribution in [0.25, 0.3) is 0 Å². The number of nitrogens with one attached hydrogen (secondary N) is 2. The number of benzene rings is 2. The molecule has 3 N–H and O–H groups in total. The summed E-state index contributed by atoms with van der Waals surface area (Å²) in [5.41, 5.74) is -0.0616. The van der Waals surface area contributed by atoms with Crippen LogP contribution in [-0.2, 0) is 33.5 Å². The number of unbranched alkanes of at least 4 members (excludes halogenated alkanes) is 1. The van der Waals surface area contributed by atoms with Gasteiger partial charge in [-0.05, 0) is 54.7 Å². The smallest absolute Gasteiger partial charge is 0.389 e. The first kappa shape index (κ1) is 31.8. The van der Waals surface area contributed by atoms with Crippen molar-refractivity contribution in [3.05, 3.63) is 70.8 Å². The fourth-order valence-corrected chi connectivity index (χ4v) is 5.46. The first-order valence-electron chi connectivity index (χ1n) is 14.1. The Kier molecular flexibility index (Phi) is 10.6. The van der Waals surface area contributed by atoms with E-state index >= 15 is 0 Å². The molecule has 0 saturated carbocycles. The molecule has 2 fully saturated rings. The van der Waals surface area contributed by atoms with Crippen LogP contribution < -0.4 is 10.6 Å². The van der Waals surface area contributed by atoms with Crippen molar-refractivity contribution < 1.29 is 41.4 Å². The predicted molar refractivity (Wildman–Crippen MR) is 144 cm³/mol. The van der Waals surface area contributed by atoms with Crippen molar-refractivity contribution in [3.8, 4) is 0 Å². The monoisotopic (exact) mass is 597 g/mol. The lowest BCUT2D eigenvalue weighted by molar-refractivity contribution is -0.137. The molecule has 1 unspecified atom stereocenters. The largest absolute Gasteiger partial charge is 0.416 e. The molecule has 0 aromatic heterocycles. The number of hydrogen-bond acceptors (Lipinski definition) is 5. The molecule has 2 aliphatic heterocycles. The molecule has 4 rings (SSSR count). The second kappa shape index (κ2) is 13.9. The van der Waals surface area contributed by atoms with Crippen molar-refractivity contribution in [2.45, 2.75) is 76.0 Å². The molecule has 0 aliphatic carbocycles. The van der Waals surface area contributed by atoms with Crippen LogP contribution >= 0.6 is 0 Å². The minimum atomic E-state index is -4.47. The lowest BCUT2D eigenvalue weighted by atomic mass is 9.94.